The zero-order chi connectivity index (χ0) is 19.6. The summed E-state index contributed by atoms with van der Waals surface area (Å²) in [6.07, 6.45) is 5.40. The molecule has 0 aliphatic carbocycles. The molecule has 0 radical (unpaired) electrons. The van der Waals surface area contributed by atoms with Crippen molar-refractivity contribution >= 4 is 21.8 Å². The molecule has 0 saturated carbocycles. The van der Waals surface area contributed by atoms with E-state index in [-0.39, 0.29) is 0 Å². The molecule has 29 heavy (non-hydrogen) atoms. The van der Waals surface area contributed by atoms with Gasteiger partial charge in [-0.05, 0) is 60.7 Å². The molecule has 1 nitrogen and oxygen atoms in total. The molecule has 1 aromatic heterocycles. The number of hydrogen-bond donors (Lipinski definition) is 0. The highest BCUT2D eigenvalue weighted by Gasteiger charge is 2.10. The Kier molecular flexibility index (Phi) is 4.14. The van der Waals surface area contributed by atoms with Crippen molar-refractivity contribution in [1.29, 1.82) is 0 Å². The number of hydrogen-bond acceptors (Lipinski definition) is 0. The Balaban J connectivity index is 1.54. The molecule has 1 heterocycles. The lowest BCUT2D eigenvalue weighted by molar-refractivity contribution is 1.18. The highest BCUT2D eigenvalue weighted by molar-refractivity contribution is 6.09. The summed E-state index contributed by atoms with van der Waals surface area (Å²) in [5, 5.41) is 2.53. The summed E-state index contributed by atoms with van der Waals surface area (Å²) in [6.45, 7) is 0. The Labute approximate surface area is 170 Å². The first-order valence-electron chi connectivity index (χ1n) is 9.51. The van der Waals surface area contributed by atoms with Crippen LogP contribution < -0.4 is 0 Å². The molecule has 4 aromatic carbocycles. The number of terminal acetylenes is 1. The van der Waals surface area contributed by atoms with Crippen LogP contribution in [-0.4, -0.2) is 4.57 Å². The molecule has 5 aromatic rings. The topological polar surface area (TPSA) is 4.93 Å². The van der Waals surface area contributed by atoms with E-state index < -0.39 is 0 Å². The Bertz CT molecular complexity index is 1380. The fraction of sp³-hybridized carbons (Fsp3) is 0. The number of aromatic nitrogens is 1. The maximum absolute atomic E-state index is 5.40. The van der Waals surface area contributed by atoms with Crippen LogP contribution in [0.4, 0.5) is 0 Å². The summed E-state index contributed by atoms with van der Waals surface area (Å²) < 4.78 is 2.31. The molecule has 1 heteroatoms. The van der Waals surface area contributed by atoms with E-state index in [2.05, 4.69) is 95.1 Å². The lowest BCUT2D eigenvalue weighted by Crippen LogP contribution is -1.93. The Morgan fingerprint density at radius 3 is 1.48 bits per heavy atom. The second-order valence-corrected chi connectivity index (χ2v) is 6.89. The molecule has 0 unspecified atom stereocenters. The zero-order valence-electron chi connectivity index (χ0n) is 15.8. The maximum Gasteiger partial charge on any atom is 0.0541 e. The average Bonchev–Trinajstić information content (AvgIpc) is 3.13. The SMILES string of the molecule is C#Cc1ccc(C#Cc2ccc(-n3c4ccccc4c4ccccc43)cc2)cc1. The van der Waals surface area contributed by atoms with Crippen LogP contribution in [0.2, 0.25) is 0 Å². The summed E-state index contributed by atoms with van der Waals surface area (Å²) in [5.74, 6) is 9.06. The molecule has 0 atom stereocenters. The summed E-state index contributed by atoms with van der Waals surface area (Å²) in [5.41, 5.74) is 6.35. The molecule has 0 amide bonds. The molecule has 134 valence electrons. The van der Waals surface area contributed by atoms with Gasteiger partial charge in [0.05, 0.1) is 11.0 Å². The van der Waals surface area contributed by atoms with E-state index in [1.54, 1.807) is 0 Å². The summed E-state index contributed by atoms with van der Waals surface area (Å²) in [7, 11) is 0. The van der Waals surface area contributed by atoms with E-state index in [0.717, 1.165) is 22.4 Å². The summed E-state index contributed by atoms with van der Waals surface area (Å²) in [4.78, 5) is 0. The fourth-order valence-electron chi connectivity index (χ4n) is 3.69. The second-order valence-electron chi connectivity index (χ2n) is 6.89. The van der Waals surface area contributed by atoms with Crippen LogP contribution in [0, 0.1) is 24.2 Å². The number of para-hydroxylation sites is 2. The van der Waals surface area contributed by atoms with Crippen molar-refractivity contribution in [3.05, 3.63) is 114 Å². The number of benzene rings is 4. The van der Waals surface area contributed by atoms with Gasteiger partial charge in [0, 0.05) is 33.2 Å². The molecule has 0 N–H and O–H groups in total. The lowest BCUT2D eigenvalue weighted by atomic mass is 10.1. The van der Waals surface area contributed by atoms with Gasteiger partial charge >= 0.3 is 0 Å². The molecule has 0 aliphatic heterocycles. The van der Waals surface area contributed by atoms with Crippen LogP contribution in [-0.2, 0) is 0 Å². The first kappa shape index (κ1) is 16.9. The monoisotopic (exact) mass is 367 g/mol. The highest BCUT2D eigenvalue weighted by Crippen LogP contribution is 2.31. The van der Waals surface area contributed by atoms with Crippen LogP contribution in [0.1, 0.15) is 16.7 Å². The smallest absolute Gasteiger partial charge is 0.0541 e. The maximum atomic E-state index is 5.40. The van der Waals surface area contributed by atoms with Crippen LogP contribution in [0.5, 0.6) is 0 Å². The number of rotatable bonds is 1. The largest absolute Gasteiger partial charge is 0.309 e. The van der Waals surface area contributed by atoms with E-state index in [1.165, 1.54) is 21.8 Å². The van der Waals surface area contributed by atoms with Crippen LogP contribution in [0.25, 0.3) is 27.5 Å². The van der Waals surface area contributed by atoms with E-state index in [9.17, 15) is 0 Å². The van der Waals surface area contributed by atoms with Crippen molar-refractivity contribution in [2.24, 2.45) is 0 Å². The van der Waals surface area contributed by atoms with Crippen molar-refractivity contribution in [1.82, 2.24) is 4.57 Å². The van der Waals surface area contributed by atoms with Crippen molar-refractivity contribution in [2.75, 3.05) is 0 Å². The Morgan fingerprint density at radius 1 is 0.517 bits per heavy atom. The predicted molar refractivity (Wildman–Crippen MR) is 121 cm³/mol. The average molecular weight is 367 g/mol. The molecule has 5 rings (SSSR count). The third-order valence-corrected chi connectivity index (χ3v) is 5.11. The van der Waals surface area contributed by atoms with E-state index >= 15 is 0 Å². The molecular formula is C28H17N. The van der Waals surface area contributed by atoms with Gasteiger partial charge in [-0.2, -0.15) is 0 Å². The standard InChI is InChI=1S/C28H17N/c1-2-21-11-13-22(14-12-21)15-16-23-17-19-24(20-18-23)29-27-9-5-3-7-25(27)26-8-4-6-10-28(26)29/h1,3-14,17-20H. The normalized spacial score (nSPS) is 10.4. The van der Waals surface area contributed by atoms with Crippen molar-refractivity contribution < 1.29 is 0 Å². The second kappa shape index (κ2) is 7.08. The number of nitrogens with zero attached hydrogens (tertiary/aromatic N) is 1. The highest BCUT2D eigenvalue weighted by atomic mass is 15.0. The molecule has 0 bridgehead atoms. The van der Waals surface area contributed by atoms with Gasteiger partial charge in [-0.25, -0.2) is 0 Å². The molecule has 0 aliphatic rings. The minimum atomic E-state index is 0.867. The van der Waals surface area contributed by atoms with Crippen LogP contribution >= 0.6 is 0 Å². The van der Waals surface area contributed by atoms with Gasteiger partial charge in [-0.15, -0.1) is 6.42 Å². The number of fused-ring (bicyclic) bond motifs is 3. The van der Waals surface area contributed by atoms with E-state index in [1.807, 2.05) is 24.3 Å². The first-order valence-corrected chi connectivity index (χ1v) is 9.51. The van der Waals surface area contributed by atoms with Gasteiger partial charge < -0.3 is 4.57 Å². The van der Waals surface area contributed by atoms with Crippen molar-refractivity contribution in [3.63, 3.8) is 0 Å². The van der Waals surface area contributed by atoms with Gasteiger partial charge in [0.15, 0.2) is 0 Å². The molecular weight excluding hydrogens is 350 g/mol. The third kappa shape index (κ3) is 3.06. The predicted octanol–water partition coefficient (Wildman–Crippen LogP) is 6.16. The third-order valence-electron chi connectivity index (χ3n) is 5.11. The van der Waals surface area contributed by atoms with Crippen LogP contribution in [0.15, 0.2) is 97.1 Å². The Morgan fingerprint density at radius 2 is 0.966 bits per heavy atom. The van der Waals surface area contributed by atoms with E-state index in [4.69, 9.17) is 6.42 Å². The fourth-order valence-corrected chi connectivity index (χ4v) is 3.69. The van der Waals surface area contributed by atoms with Gasteiger partial charge in [0.25, 0.3) is 0 Å². The molecule has 0 fully saturated rings. The minimum absolute atomic E-state index is 0.867. The van der Waals surface area contributed by atoms with Gasteiger partial charge in [-0.3, -0.25) is 0 Å². The van der Waals surface area contributed by atoms with Gasteiger partial charge in [0.1, 0.15) is 0 Å². The van der Waals surface area contributed by atoms with Crippen molar-refractivity contribution in [3.8, 4) is 29.9 Å². The zero-order valence-corrected chi connectivity index (χ0v) is 15.8. The Hall–Kier alpha value is -4.20. The molecule has 0 saturated heterocycles. The quantitative estimate of drug-likeness (QED) is 0.313. The van der Waals surface area contributed by atoms with E-state index in [0.29, 0.717) is 0 Å². The van der Waals surface area contributed by atoms with Gasteiger partial charge in [-0.1, -0.05) is 54.2 Å². The summed E-state index contributed by atoms with van der Waals surface area (Å²) in [6, 6.07) is 33.2. The van der Waals surface area contributed by atoms with Gasteiger partial charge in [0.2, 0.25) is 0 Å². The minimum Gasteiger partial charge on any atom is -0.309 e. The van der Waals surface area contributed by atoms with Crippen molar-refractivity contribution in [2.45, 2.75) is 0 Å². The summed E-state index contributed by atoms with van der Waals surface area (Å²) >= 11 is 0. The van der Waals surface area contributed by atoms with Crippen LogP contribution in [0.3, 0.4) is 0 Å². The lowest BCUT2D eigenvalue weighted by Gasteiger charge is -2.07. The first-order chi connectivity index (χ1) is 14.3. The molecule has 0 spiro atoms.